The molecule has 0 saturated carbocycles. The number of hydrogen-bond acceptors (Lipinski definition) is 2. The van der Waals surface area contributed by atoms with Gasteiger partial charge in [0.1, 0.15) is 5.75 Å². The molecule has 1 saturated heterocycles. The first-order valence-electron chi connectivity index (χ1n) is 7.84. The fourth-order valence-corrected chi connectivity index (χ4v) is 3.01. The lowest BCUT2D eigenvalue weighted by Crippen LogP contribution is -2.35. The molecular formula is C19H21NO2. The molecule has 0 unspecified atom stereocenters. The Morgan fingerprint density at radius 2 is 1.64 bits per heavy atom. The molecule has 114 valence electrons. The standard InChI is InChI=1S/C19H21NO2/c1-14-11-17(13-18(21)12-14)15-5-7-16(8-6-15)19(22)20-9-3-2-4-10-20/h5-8,11-13,21H,2-4,9-10H2,1H3. The second kappa shape index (κ2) is 6.22. The molecule has 2 aromatic carbocycles. The average molecular weight is 295 g/mol. The molecule has 1 aliphatic rings. The Morgan fingerprint density at radius 3 is 2.27 bits per heavy atom. The van der Waals surface area contributed by atoms with Gasteiger partial charge in [-0.2, -0.15) is 0 Å². The smallest absolute Gasteiger partial charge is 0.253 e. The molecule has 0 bridgehead atoms. The maximum atomic E-state index is 12.4. The highest BCUT2D eigenvalue weighted by Gasteiger charge is 2.17. The molecule has 0 atom stereocenters. The Bertz CT molecular complexity index is 650. The molecule has 1 fully saturated rings. The van der Waals surface area contributed by atoms with Crippen molar-refractivity contribution in [3.05, 3.63) is 53.6 Å². The highest BCUT2D eigenvalue weighted by atomic mass is 16.3. The van der Waals surface area contributed by atoms with E-state index in [2.05, 4.69) is 0 Å². The van der Waals surface area contributed by atoms with Gasteiger partial charge in [-0.1, -0.05) is 18.2 Å². The number of nitrogens with zero attached hydrogens (tertiary/aromatic N) is 1. The predicted molar refractivity (Wildman–Crippen MR) is 88.0 cm³/mol. The Balaban J connectivity index is 1.81. The van der Waals surface area contributed by atoms with Gasteiger partial charge in [-0.3, -0.25) is 4.79 Å². The molecule has 0 radical (unpaired) electrons. The van der Waals surface area contributed by atoms with Crippen molar-refractivity contribution < 1.29 is 9.90 Å². The van der Waals surface area contributed by atoms with Crippen LogP contribution in [0.15, 0.2) is 42.5 Å². The minimum Gasteiger partial charge on any atom is -0.508 e. The highest BCUT2D eigenvalue weighted by Crippen LogP contribution is 2.26. The van der Waals surface area contributed by atoms with E-state index >= 15 is 0 Å². The van der Waals surface area contributed by atoms with Gasteiger partial charge < -0.3 is 10.0 Å². The summed E-state index contributed by atoms with van der Waals surface area (Å²) >= 11 is 0. The Hall–Kier alpha value is -2.29. The van der Waals surface area contributed by atoms with Gasteiger partial charge in [0.15, 0.2) is 0 Å². The third-order valence-electron chi connectivity index (χ3n) is 4.17. The zero-order valence-electron chi connectivity index (χ0n) is 12.9. The summed E-state index contributed by atoms with van der Waals surface area (Å²) in [6.45, 7) is 3.69. The second-order valence-electron chi connectivity index (χ2n) is 5.99. The van der Waals surface area contributed by atoms with E-state index in [0.29, 0.717) is 0 Å². The Kier molecular flexibility index (Phi) is 4.14. The van der Waals surface area contributed by atoms with Crippen LogP contribution in [-0.4, -0.2) is 29.0 Å². The van der Waals surface area contributed by atoms with Crippen LogP contribution >= 0.6 is 0 Å². The number of hydrogen-bond donors (Lipinski definition) is 1. The molecule has 0 aliphatic carbocycles. The van der Waals surface area contributed by atoms with E-state index in [-0.39, 0.29) is 11.7 Å². The normalized spacial score (nSPS) is 14.9. The zero-order valence-corrected chi connectivity index (χ0v) is 12.9. The van der Waals surface area contributed by atoms with Gasteiger partial charge in [0, 0.05) is 18.7 Å². The monoisotopic (exact) mass is 295 g/mol. The molecule has 1 N–H and O–H groups in total. The van der Waals surface area contributed by atoms with Crippen LogP contribution < -0.4 is 0 Å². The van der Waals surface area contributed by atoms with Gasteiger partial charge in [-0.25, -0.2) is 0 Å². The lowest BCUT2D eigenvalue weighted by Gasteiger charge is -2.26. The summed E-state index contributed by atoms with van der Waals surface area (Å²) < 4.78 is 0. The number of piperidine rings is 1. The van der Waals surface area contributed by atoms with Crippen molar-refractivity contribution in [2.24, 2.45) is 0 Å². The van der Waals surface area contributed by atoms with Crippen LogP contribution in [-0.2, 0) is 0 Å². The lowest BCUT2D eigenvalue weighted by molar-refractivity contribution is 0.0724. The summed E-state index contributed by atoms with van der Waals surface area (Å²) in [5, 5.41) is 9.71. The number of aryl methyl sites for hydroxylation is 1. The number of phenolic OH excluding ortho intramolecular Hbond substituents is 1. The van der Waals surface area contributed by atoms with Crippen molar-refractivity contribution in [2.45, 2.75) is 26.2 Å². The largest absolute Gasteiger partial charge is 0.508 e. The van der Waals surface area contributed by atoms with Crippen LogP contribution in [0.5, 0.6) is 5.75 Å². The maximum absolute atomic E-state index is 12.4. The molecule has 1 amide bonds. The van der Waals surface area contributed by atoms with Gasteiger partial charge in [-0.05, 0) is 67.1 Å². The van der Waals surface area contributed by atoms with Crippen LogP contribution in [0.2, 0.25) is 0 Å². The van der Waals surface area contributed by atoms with Crippen LogP contribution in [0.3, 0.4) is 0 Å². The number of phenols is 1. The van der Waals surface area contributed by atoms with Gasteiger partial charge in [0.2, 0.25) is 0 Å². The van der Waals surface area contributed by atoms with Crippen LogP contribution in [0, 0.1) is 6.92 Å². The van der Waals surface area contributed by atoms with Crippen molar-refractivity contribution >= 4 is 5.91 Å². The molecule has 1 aliphatic heterocycles. The van der Waals surface area contributed by atoms with Gasteiger partial charge in [0.05, 0.1) is 0 Å². The summed E-state index contributed by atoms with van der Waals surface area (Å²) in [4.78, 5) is 14.4. The van der Waals surface area contributed by atoms with Crippen LogP contribution in [0.25, 0.3) is 11.1 Å². The van der Waals surface area contributed by atoms with Crippen molar-refractivity contribution in [2.75, 3.05) is 13.1 Å². The van der Waals surface area contributed by atoms with E-state index in [0.717, 1.165) is 48.2 Å². The molecule has 3 rings (SSSR count). The quantitative estimate of drug-likeness (QED) is 0.910. The number of rotatable bonds is 2. The fourth-order valence-electron chi connectivity index (χ4n) is 3.01. The number of aromatic hydroxyl groups is 1. The molecule has 0 aromatic heterocycles. The molecule has 22 heavy (non-hydrogen) atoms. The number of likely N-dealkylation sites (tertiary alicyclic amines) is 1. The van der Waals surface area contributed by atoms with E-state index < -0.39 is 0 Å². The Morgan fingerprint density at radius 1 is 0.955 bits per heavy atom. The average Bonchev–Trinajstić information content (AvgIpc) is 2.54. The van der Waals surface area contributed by atoms with Crippen LogP contribution in [0.4, 0.5) is 0 Å². The first-order chi connectivity index (χ1) is 10.6. The molecule has 3 heteroatoms. The minimum atomic E-state index is 0.123. The minimum absolute atomic E-state index is 0.123. The number of carbonyl (C=O) groups is 1. The predicted octanol–water partition coefficient (Wildman–Crippen LogP) is 3.99. The van der Waals surface area contributed by atoms with E-state index in [4.69, 9.17) is 0 Å². The highest BCUT2D eigenvalue weighted by molar-refractivity contribution is 5.94. The van der Waals surface area contributed by atoms with Crippen molar-refractivity contribution in [1.29, 1.82) is 0 Å². The summed E-state index contributed by atoms with van der Waals surface area (Å²) in [6.07, 6.45) is 3.43. The molecule has 0 spiro atoms. The molecular weight excluding hydrogens is 274 g/mol. The van der Waals surface area contributed by atoms with Crippen molar-refractivity contribution in [3.63, 3.8) is 0 Å². The van der Waals surface area contributed by atoms with Gasteiger partial charge >= 0.3 is 0 Å². The number of amides is 1. The topological polar surface area (TPSA) is 40.5 Å². The summed E-state index contributed by atoms with van der Waals surface area (Å²) in [5.41, 5.74) is 3.73. The maximum Gasteiger partial charge on any atom is 0.253 e. The van der Waals surface area contributed by atoms with E-state index in [9.17, 15) is 9.90 Å². The van der Waals surface area contributed by atoms with Crippen molar-refractivity contribution in [1.82, 2.24) is 4.90 Å². The number of benzene rings is 2. The Labute approximate surface area is 131 Å². The summed E-state index contributed by atoms with van der Waals surface area (Å²) in [5.74, 6) is 0.391. The summed E-state index contributed by atoms with van der Waals surface area (Å²) in [6, 6.07) is 13.2. The van der Waals surface area contributed by atoms with Gasteiger partial charge in [0.25, 0.3) is 5.91 Å². The third kappa shape index (κ3) is 3.14. The lowest BCUT2D eigenvalue weighted by atomic mass is 10.0. The fraction of sp³-hybridized carbons (Fsp3) is 0.316. The molecule has 3 nitrogen and oxygen atoms in total. The molecule has 2 aromatic rings. The third-order valence-corrected chi connectivity index (χ3v) is 4.17. The van der Waals surface area contributed by atoms with E-state index in [1.807, 2.05) is 42.2 Å². The van der Waals surface area contributed by atoms with E-state index in [1.165, 1.54) is 6.42 Å². The number of carbonyl (C=O) groups excluding carboxylic acids is 1. The van der Waals surface area contributed by atoms with E-state index in [1.54, 1.807) is 12.1 Å². The van der Waals surface area contributed by atoms with Gasteiger partial charge in [-0.15, -0.1) is 0 Å². The van der Waals surface area contributed by atoms with Crippen molar-refractivity contribution in [3.8, 4) is 16.9 Å². The SMILES string of the molecule is Cc1cc(O)cc(-c2ccc(C(=O)N3CCCCC3)cc2)c1. The first-order valence-corrected chi connectivity index (χ1v) is 7.84. The zero-order chi connectivity index (χ0) is 15.5. The summed E-state index contributed by atoms with van der Waals surface area (Å²) in [7, 11) is 0. The molecule has 1 heterocycles. The first kappa shape index (κ1) is 14.6. The van der Waals surface area contributed by atoms with Crippen LogP contribution in [0.1, 0.15) is 35.2 Å². The second-order valence-corrected chi connectivity index (χ2v) is 5.99.